The lowest BCUT2D eigenvalue weighted by Gasteiger charge is -2.15. The maximum absolute atomic E-state index is 12.3. The normalized spacial score (nSPS) is 12.2. The molecule has 0 saturated heterocycles. The van der Waals surface area contributed by atoms with Gasteiger partial charge < -0.3 is 25.6 Å². The minimum absolute atomic E-state index is 0.0469. The van der Waals surface area contributed by atoms with Crippen LogP contribution in [-0.2, 0) is 19.2 Å². The zero-order valence-corrected chi connectivity index (χ0v) is 15.7. The topological polar surface area (TPSA) is 155 Å². The number of hydrogen-bond acceptors (Lipinski definition) is 7. The Morgan fingerprint density at radius 2 is 1.83 bits per heavy atom. The van der Waals surface area contributed by atoms with E-state index in [1.54, 1.807) is 0 Å². The predicted molar refractivity (Wildman–Crippen MR) is 96.0 cm³/mol. The molecule has 2 amide bonds. The first-order valence-corrected chi connectivity index (χ1v) is 8.95. The molecule has 2 aromatic rings. The van der Waals surface area contributed by atoms with Gasteiger partial charge >= 0.3 is 18.3 Å². The number of carboxylic acids is 2. The monoisotopic (exact) mass is 449 g/mol. The second-order valence-electron chi connectivity index (χ2n) is 5.80. The number of fused-ring (bicyclic) bond motifs is 1. The van der Waals surface area contributed by atoms with Crippen molar-refractivity contribution in [2.24, 2.45) is 0 Å². The molecule has 14 heteroatoms. The highest BCUT2D eigenvalue weighted by Gasteiger charge is 2.31. The van der Waals surface area contributed by atoms with Gasteiger partial charge in [0, 0.05) is 12.5 Å². The summed E-state index contributed by atoms with van der Waals surface area (Å²) in [5.41, 5.74) is 0.255. The summed E-state index contributed by atoms with van der Waals surface area (Å²) in [6, 6.07) is 1.83. The number of carbonyl (C=O) groups is 4. The molecule has 162 valence electrons. The van der Waals surface area contributed by atoms with Crippen LogP contribution in [0, 0.1) is 0 Å². The van der Waals surface area contributed by atoms with Gasteiger partial charge in [-0.25, -0.2) is 4.98 Å². The molecule has 0 radical (unpaired) electrons. The first kappa shape index (κ1) is 22.9. The largest absolute Gasteiger partial charge is 0.573 e. The van der Waals surface area contributed by atoms with Crippen LogP contribution in [0.25, 0.3) is 10.2 Å². The number of alkyl halides is 3. The fraction of sp³-hybridized carbons (Fsp3) is 0.312. The number of aliphatic carboxylic acids is 2. The van der Waals surface area contributed by atoms with Crippen LogP contribution in [0.15, 0.2) is 18.2 Å². The van der Waals surface area contributed by atoms with E-state index in [1.165, 1.54) is 6.07 Å². The molecule has 0 unspecified atom stereocenters. The number of anilines is 1. The number of carboxylic acid groups (broad SMARTS) is 2. The fourth-order valence-electron chi connectivity index (χ4n) is 2.22. The number of ether oxygens (including phenoxy) is 1. The van der Waals surface area contributed by atoms with Crippen LogP contribution >= 0.6 is 11.3 Å². The molecule has 2 rings (SSSR count). The number of aromatic nitrogens is 1. The molecule has 0 spiro atoms. The van der Waals surface area contributed by atoms with Gasteiger partial charge in [0.15, 0.2) is 5.13 Å². The molecule has 0 aliphatic heterocycles. The summed E-state index contributed by atoms with van der Waals surface area (Å²) in [6.07, 6.45) is -6.62. The van der Waals surface area contributed by atoms with Crippen LogP contribution in [-0.4, -0.2) is 51.4 Å². The Balaban J connectivity index is 2.11. The Labute approximate surface area is 169 Å². The van der Waals surface area contributed by atoms with Crippen LogP contribution in [0.5, 0.6) is 5.75 Å². The summed E-state index contributed by atoms with van der Waals surface area (Å²) in [6.45, 7) is 0. The van der Waals surface area contributed by atoms with Crippen LogP contribution in [0.4, 0.5) is 18.3 Å². The summed E-state index contributed by atoms with van der Waals surface area (Å²) >= 11 is 0.807. The average Bonchev–Trinajstić information content (AvgIpc) is 2.99. The van der Waals surface area contributed by atoms with Crippen molar-refractivity contribution < 1.29 is 47.3 Å². The molecule has 10 nitrogen and oxygen atoms in total. The van der Waals surface area contributed by atoms with Crippen LogP contribution in [0.3, 0.4) is 0 Å². The number of thiazole rings is 1. The molecule has 30 heavy (non-hydrogen) atoms. The van der Waals surface area contributed by atoms with E-state index in [0.717, 1.165) is 23.5 Å². The van der Waals surface area contributed by atoms with E-state index in [4.69, 9.17) is 10.2 Å². The lowest BCUT2D eigenvalue weighted by Crippen LogP contribution is -2.45. The second-order valence-corrected chi connectivity index (χ2v) is 6.83. The van der Waals surface area contributed by atoms with E-state index in [0.29, 0.717) is 0 Å². The minimum atomic E-state index is -4.88. The van der Waals surface area contributed by atoms with Crippen molar-refractivity contribution in [3.63, 3.8) is 0 Å². The van der Waals surface area contributed by atoms with Crippen molar-refractivity contribution in [2.45, 2.75) is 31.7 Å². The molecule has 1 aromatic heterocycles. The van der Waals surface area contributed by atoms with Gasteiger partial charge in [-0.2, -0.15) is 0 Å². The number of halogens is 3. The molecule has 1 atom stereocenters. The highest BCUT2D eigenvalue weighted by atomic mass is 32.1. The van der Waals surface area contributed by atoms with Crippen molar-refractivity contribution >= 4 is 50.4 Å². The van der Waals surface area contributed by atoms with Crippen LogP contribution in [0.2, 0.25) is 0 Å². The quantitative estimate of drug-likeness (QED) is 0.453. The van der Waals surface area contributed by atoms with Gasteiger partial charge in [-0.05, 0) is 12.1 Å². The summed E-state index contributed by atoms with van der Waals surface area (Å²) in [4.78, 5) is 49.5. The van der Waals surface area contributed by atoms with Crippen molar-refractivity contribution in [1.82, 2.24) is 10.3 Å². The van der Waals surface area contributed by atoms with Crippen molar-refractivity contribution in [3.05, 3.63) is 18.2 Å². The first-order valence-electron chi connectivity index (χ1n) is 8.13. The zero-order valence-electron chi connectivity index (χ0n) is 14.9. The van der Waals surface area contributed by atoms with E-state index < -0.39 is 61.2 Å². The lowest BCUT2D eigenvalue weighted by molar-refractivity contribution is -0.274. The van der Waals surface area contributed by atoms with Crippen molar-refractivity contribution in [1.29, 1.82) is 0 Å². The number of nitrogens with one attached hydrogen (secondary N) is 2. The molecule has 0 aliphatic carbocycles. The van der Waals surface area contributed by atoms with Gasteiger partial charge in [0.05, 0.1) is 23.1 Å². The molecule has 0 saturated carbocycles. The van der Waals surface area contributed by atoms with E-state index in [9.17, 15) is 32.3 Å². The van der Waals surface area contributed by atoms with E-state index >= 15 is 0 Å². The molecule has 4 N–H and O–H groups in total. The second kappa shape index (κ2) is 9.39. The van der Waals surface area contributed by atoms with Crippen LogP contribution in [0.1, 0.15) is 19.3 Å². The summed E-state index contributed by atoms with van der Waals surface area (Å²) in [5, 5.41) is 21.9. The zero-order chi connectivity index (χ0) is 22.5. The number of nitrogens with zero attached hydrogens (tertiary/aromatic N) is 1. The maximum atomic E-state index is 12.3. The van der Waals surface area contributed by atoms with Crippen molar-refractivity contribution in [3.8, 4) is 5.75 Å². The lowest BCUT2D eigenvalue weighted by atomic mass is 10.1. The smallest absolute Gasteiger partial charge is 0.481 e. The average molecular weight is 449 g/mol. The third-order valence-electron chi connectivity index (χ3n) is 3.42. The fourth-order valence-corrected chi connectivity index (χ4v) is 3.12. The van der Waals surface area contributed by atoms with Gasteiger partial charge in [-0.1, -0.05) is 11.3 Å². The molecule has 0 bridgehead atoms. The third kappa shape index (κ3) is 7.20. The Kier molecular flexibility index (Phi) is 7.15. The Morgan fingerprint density at radius 3 is 2.43 bits per heavy atom. The standard InChI is InChI=1S/C16H14F3N3O7S/c17-16(18,19)29-7-1-2-8-10(5-7)30-15(21-8)22-14(28)9(6-13(26)27)20-11(23)3-4-12(24)25/h1-2,5,9H,3-4,6H2,(H,20,23)(H,24,25)(H,26,27)(H,21,22,28)/t9-/m0/s1. The maximum Gasteiger partial charge on any atom is 0.573 e. The van der Waals surface area contributed by atoms with Gasteiger partial charge in [0.1, 0.15) is 11.8 Å². The number of carbonyl (C=O) groups excluding carboxylic acids is 2. The highest BCUT2D eigenvalue weighted by Crippen LogP contribution is 2.31. The number of amides is 2. The van der Waals surface area contributed by atoms with E-state index in [1.807, 2.05) is 0 Å². The van der Waals surface area contributed by atoms with E-state index in [-0.39, 0.29) is 15.3 Å². The van der Waals surface area contributed by atoms with Gasteiger partial charge in [-0.15, -0.1) is 13.2 Å². The van der Waals surface area contributed by atoms with Gasteiger partial charge in [0.25, 0.3) is 0 Å². The summed E-state index contributed by atoms with van der Waals surface area (Å²) < 4.78 is 41.0. The molecule has 0 aliphatic rings. The first-order chi connectivity index (χ1) is 13.9. The Hall–Kier alpha value is -3.42. The van der Waals surface area contributed by atoms with E-state index in [2.05, 4.69) is 20.4 Å². The molecule has 0 fully saturated rings. The third-order valence-corrected chi connectivity index (χ3v) is 4.35. The van der Waals surface area contributed by atoms with Crippen LogP contribution < -0.4 is 15.4 Å². The number of hydrogen-bond donors (Lipinski definition) is 4. The van der Waals surface area contributed by atoms with Gasteiger partial charge in [0.2, 0.25) is 11.8 Å². The summed E-state index contributed by atoms with van der Waals surface area (Å²) in [5.74, 6) is -4.89. The number of rotatable bonds is 9. The molecular weight excluding hydrogens is 435 g/mol. The molecule has 1 aromatic carbocycles. The molecular formula is C16H14F3N3O7S. The minimum Gasteiger partial charge on any atom is -0.481 e. The molecule has 1 heterocycles. The van der Waals surface area contributed by atoms with Gasteiger partial charge in [-0.3, -0.25) is 19.2 Å². The Morgan fingerprint density at radius 1 is 1.13 bits per heavy atom. The Bertz CT molecular complexity index is 977. The predicted octanol–water partition coefficient (Wildman–Crippen LogP) is 1.96. The highest BCUT2D eigenvalue weighted by molar-refractivity contribution is 7.22. The van der Waals surface area contributed by atoms with Crippen molar-refractivity contribution in [2.75, 3.05) is 5.32 Å². The SMILES string of the molecule is O=C(O)CCC(=O)N[C@@H](CC(=O)O)C(=O)Nc1nc2ccc(OC(F)(F)F)cc2s1. The number of benzene rings is 1. The summed E-state index contributed by atoms with van der Waals surface area (Å²) in [7, 11) is 0.